The fourth-order valence-corrected chi connectivity index (χ4v) is 4.24. The van der Waals surface area contributed by atoms with Crippen LogP contribution >= 0.6 is 15.9 Å². The summed E-state index contributed by atoms with van der Waals surface area (Å²) in [6.45, 7) is 2.93. The van der Waals surface area contributed by atoms with Crippen LogP contribution in [-0.4, -0.2) is 29.5 Å². The molecule has 16 heavy (non-hydrogen) atoms. The molecule has 1 saturated heterocycles. The van der Waals surface area contributed by atoms with Crippen molar-refractivity contribution in [3.05, 3.63) is 16.6 Å². The van der Waals surface area contributed by atoms with Crippen LogP contribution in [0.25, 0.3) is 0 Å². The number of sulfone groups is 1. The van der Waals surface area contributed by atoms with Gasteiger partial charge in [0.1, 0.15) is 9.84 Å². The minimum absolute atomic E-state index is 0.310. The predicted octanol–water partition coefficient (Wildman–Crippen LogP) is 1.96. The molecule has 0 bridgehead atoms. The maximum atomic E-state index is 11.4. The molecule has 1 aromatic rings. The van der Waals surface area contributed by atoms with E-state index < -0.39 is 9.84 Å². The zero-order valence-corrected chi connectivity index (χ0v) is 11.6. The van der Waals surface area contributed by atoms with Crippen LogP contribution < -0.4 is 0 Å². The summed E-state index contributed by atoms with van der Waals surface area (Å²) in [5.74, 6) is 0.955. The average Bonchev–Trinajstić information content (AvgIpc) is 2.59. The maximum Gasteiger partial charge on any atom is 0.177 e. The van der Waals surface area contributed by atoms with Gasteiger partial charge in [0.05, 0.1) is 11.5 Å². The maximum absolute atomic E-state index is 11.4. The van der Waals surface area contributed by atoms with Crippen LogP contribution in [0.15, 0.2) is 10.9 Å². The first kappa shape index (κ1) is 12.1. The Labute approximate surface area is 104 Å². The molecule has 0 unspecified atom stereocenters. The second kappa shape index (κ2) is 4.49. The monoisotopic (exact) mass is 306 g/mol. The third kappa shape index (κ3) is 2.32. The lowest BCUT2D eigenvalue weighted by molar-refractivity contribution is 0.527. The van der Waals surface area contributed by atoms with Gasteiger partial charge in [0.2, 0.25) is 0 Å². The number of halogens is 1. The number of hydrogen-bond donors (Lipinski definition) is 0. The lowest BCUT2D eigenvalue weighted by Crippen LogP contribution is -2.23. The van der Waals surface area contributed by atoms with Crippen LogP contribution in [0.3, 0.4) is 0 Å². The summed E-state index contributed by atoms with van der Waals surface area (Å²) in [5.41, 5.74) is 1.16. The highest BCUT2D eigenvalue weighted by Crippen LogP contribution is 2.30. The van der Waals surface area contributed by atoms with Gasteiger partial charge in [0.15, 0.2) is 4.73 Å². The van der Waals surface area contributed by atoms with E-state index in [0.717, 1.165) is 29.8 Å². The van der Waals surface area contributed by atoms with Crippen molar-refractivity contribution in [3.8, 4) is 0 Å². The van der Waals surface area contributed by atoms with Crippen molar-refractivity contribution in [2.45, 2.75) is 32.2 Å². The van der Waals surface area contributed by atoms with Crippen molar-refractivity contribution in [1.29, 1.82) is 0 Å². The first-order valence-electron chi connectivity index (χ1n) is 5.45. The van der Waals surface area contributed by atoms with Crippen LogP contribution in [-0.2, 0) is 16.4 Å². The van der Waals surface area contributed by atoms with Gasteiger partial charge in [-0.15, -0.1) is 0 Å². The van der Waals surface area contributed by atoms with Crippen molar-refractivity contribution in [1.82, 2.24) is 9.55 Å². The van der Waals surface area contributed by atoms with Gasteiger partial charge in [-0.1, -0.05) is 0 Å². The van der Waals surface area contributed by atoms with Crippen molar-refractivity contribution in [2.24, 2.45) is 0 Å². The fourth-order valence-electron chi connectivity index (χ4n) is 2.19. The van der Waals surface area contributed by atoms with Gasteiger partial charge in [-0.3, -0.25) is 0 Å². The number of aromatic nitrogens is 2. The molecule has 0 N–H and O–H groups in total. The first-order chi connectivity index (χ1) is 7.53. The summed E-state index contributed by atoms with van der Waals surface area (Å²) in [7, 11) is -2.78. The quantitative estimate of drug-likeness (QED) is 0.839. The predicted molar refractivity (Wildman–Crippen MR) is 66.2 cm³/mol. The van der Waals surface area contributed by atoms with Gasteiger partial charge in [0, 0.05) is 24.4 Å². The molecule has 2 heterocycles. The third-order valence-electron chi connectivity index (χ3n) is 3.13. The zero-order chi connectivity index (χ0) is 11.8. The van der Waals surface area contributed by atoms with Crippen LogP contribution in [0, 0.1) is 0 Å². The summed E-state index contributed by atoms with van der Waals surface area (Å²) >= 11 is 3.40. The Balaban J connectivity index is 2.20. The van der Waals surface area contributed by atoms with E-state index in [4.69, 9.17) is 0 Å². The molecule has 0 spiro atoms. The van der Waals surface area contributed by atoms with E-state index in [-0.39, 0.29) is 0 Å². The van der Waals surface area contributed by atoms with Crippen LogP contribution in [0.4, 0.5) is 0 Å². The van der Waals surface area contributed by atoms with E-state index in [0.29, 0.717) is 17.4 Å². The van der Waals surface area contributed by atoms with Crippen molar-refractivity contribution >= 4 is 25.8 Å². The number of nitrogens with zero attached hydrogens (tertiary/aromatic N) is 2. The highest BCUT2D eigenvalue weighted by atomic mass is 79.9. The molecule has 0 aromatic carbocycles. The molecule has 1 aliphatic heterocycles. The van der Waals surface area contributed by atoms with E-state index in [1.54, 1.807) is 0 Å². The topological polar surface area (TPSA) is 52.0 Å². The molecule has 0 radical (unpaired) electrons. The summed E-state index contributed by atoms with van der Waals surface area (Å²) in [6.07, 6.45) is 3.30. The molecule has 6 heteroatoms. The fraction of sp³-hybridized carbons (Fsp3) is 0.700. The van der Waals surface area contributed by atoms with Crippen molar-refractivity contribution < 1.29 is 8.42 Å². The Kier molecular flexibility index (Phi) is 3.39. The normalized spacial score (nSPS) is 21.1. The largest absolute Gasteiger partial charge is 0.323 e. The van der Waals surface area contributed by atoms with Gasteiger partial charge in [0.25, 0.3) is 0 Å². The van der Waals surface area contributed by atoms with E-state index in [9.17, 15) is 8.42 Å². The van der Waals surface area contributed by atoms with Gasteiger partial charge in [-0.05, 0) is 35.7 Å². The highest BCUT2D eigenvalue weighted by Gasteiger charge is 2.27. The van der Waals surface area contributed by atoms with Gasteiger partial charge in [-0.25, -0.2) is 13.4 Å². The van der Waals surface area contributed by atoms with Crippen LogP contribution in [0.2, 0.25) is 0 Å². The summed E-state index contributed by atoms with van der Waals surface area (Å²) in [5, 5.41) is 0. The molecular formula is C10H15BrN2O2S. The number of hydrogen-bond acceptors (Lipinski definition) is 3. The first-order valence-corrected chi connectivity index (χ1v) is 8.06. The minimum atomic E-state index is -2.78. The second-order valence-electron chi connectivity index (χ2n) is 4.12. The minimum Gasteiger partial charge on any atom is -0.323 e. The second-order valence-corrected chi connectivity index (χ2v) is 7.14. The van der Waals surface area contributed by atoms with Crippen molar-refractivity contribution in [3.63, 3.8) is 0 Å². The summed E-state index contributed by atoms with van der Waals surface area (Å²) in [4.78, 5) is 4.23. The number of rotatable bonds is 2. The Hall–Kier alpha value is -0.360. The van der Waals surface area contributed by atoms with Gasteiger partial charge in [-0.2, -0.15) is 0 Å². The number of imidazole rings is 1. The van der Waals surface area contributed by atoms with E-state index in [1.807, 2.05) is 6.20 Å². The lowest BCUT2D eigenvalue weighted by Gasteiger charge is -2.22. The van der Waals surface area contributed by atoms with Crippen LogP contribution in [0.5, 0.6) is 0 Å². The Bertz CT molecular complexity index is 467. The SMILES string of the molecule is CCn1c(C2CCS(=O)(=O)CC2)cnc1Br. The summed E-state index contributed by atoms with van der Waals surface area (Å²) < 4.78 is 25.6. The average molecular weight is 307 g/mol. The molecule has 1 fully saturated rings. The zero-order valence-electron chi connectivity index (χ0n) is 9.19. The molecule has 0 aliphatic carbocycles. The lowest BCUT2D eigenvalue weighted by atomic mass is 9.99. The molecule has 0 amide bonds. The van der Waals surface area contributed by atoms with E-state index in [1.165, 1.54) is 0 Å². The van der Waals surface area contributed by atoms with Gasteiger partial charge < -0.3 is 4.57 Å². The molecule has 1 aliphatic rings. The summed E-state index contributed by atoms with van der Waals surface area (Å²) in [6, 6.07) is 0. The molecule has 90 valence electrons. The standard InChI is InChI=1S/C10H15BrN2O2S/c1-2-13-9(7-12-10(13)11)8-3-5-16(14,15)6-4-8/h7-8H,2-6H2,1H3. The van der Waals surface area contributed by atoms with Crippen LogP contribution in [0.1, 0.15) is 31.4 Å². The third-order valence-corrected chi connectivity index (χ3v) is 5.48. The smallest absolute Gasteiger partial charge is 0.177 e. The molecule has 4 nitrogen and oxygen atoms in total. The van der Waals surface area contributed by atoms with E-state index in [2.05, 4.69) is 32.4 Å². The van der Waals surface area contributed by atoms with Gasteiger partial charge >= 0.3 is 0 Å². The highest BCUT2D eigenvalue weighted by molar-refractivity contribution is 9.10. The Morgan fingerprint density at radius 3 is 2.69 bits per heavy atom. The molecule has 0 atom stereocenters. The molecule has 0 saturated carbocycles. The molecule has 1 aromatic heterocycles. The van der Waals surface area contributed by atoms with E-state index >= 15 is 0 Å². The molecular weight excluding hydrogens is 292 g/mol. The Morgan fingerprint density at radius 2 is 2.12 bits per heavy atom. The molecule has 2 rings (SSSR count). The van der Waals surface area contributed by atoms with Crippen molar-refractivity contribution in [2.75, 3.05) is 11.5 Å². The Morgan fingerprint density at radius 1 is 1.50 bits per heavy atom.